The van der Waals surface area contributed by atoms with Crippen LogP contribution in [-0.4, -0.2) is 16.7 Å². The number of ketones is 1. The first kappa shape index (κ1) is 16.4. The fourth-order valence-electron chi connectivity index (χ4n) is 2.25. The van der Waals surface area contributed by atoms with E-state index in [0.29, 0.717) is 17.8 Å². The lowest BCUT2D eigenvalue weighted by atomic mass is 10.1. The van der Waals surface area contributed by atoms with Gasteiger partial charge in [0.1, 0.15) is 11.5 Å². The maximum atomic E-state index is 12.3. The molecule has 2 aromatic heterocycles. The van der Waals surface area contributed by atoms with Gasteiger partial charge in [0, 0.05) is 11.3 Å². The molecule has 0 aliphatic carbocycles. The first-order valence-corrected chi connectivity index (χ1v) is 7.76. The second-order valence-electron chi connectivity index (χ2n) is 5.46. The molecule has 0 saturated carbocycles. The molecule has 0 saturated heterocycles. The van der Waals surface area contributed by atoms with Crippen molar-refractivity contribution in [3.63, 3.8) is 0 Å². The summed E-state index contributed by atoms with van der Waals surface area (Å²) in [5.74, 6) is 0.423. The zero-order chi connectivity index (χ0) is 17.6. The maximum Gasteiger partial charge on any atom is 0.274 e. The Morgan fingerprint density at radius 1 is 1.08 bits per heavy atom. The summed E-state index contributed by atoms with van der Waals surface area (Å²) in [6.07, 6.45) is 3.20. The van der Waals surface area contributed by atoms with Crippen LogP contribution in [0.3, 0.4) is 0 Å². The number of carbonyl (C=O) groups is 2. The average Bonchev–Trinajstić information content (AvgIpc) is 3.14. The molecule has 6 heteroatoms. The standard InChI is InChI=1S/C19H17N3O3/c1-13(23)14-4-2-5-15(10-14)22-19(24)18-8-7-16(11-21-18)20-12-17-6-3-9-25-17/h2-11,20H,12H2,1H3,(H,22,24). The molecule has 2 heterocycles. The summed E-state index contributed by atoms with van der Waals surface area (Å²) in [5.41, 5.74) is 2.17. The zero-order valence-corrected chi connectivity index (χ0v) is 13.7. The van der Waals surface area contributed by atoms with E-state index in [0.717, 1.165) is 11.4 Å². The van der Waals surface area contributed by atoms with Crippen LogP contribution in [0.2, 0.25) is 0 Å². The molecule has 1 aromatic carbocycles. The first-order chi connectivity index (χ1) is 12.1. The van der Waals surface area contributed by atoms with E-state index in [1.54, 1.807) is 48.9 Å². The fourth-order valence-corrected chi connectivity index (χ4v) is 2.25. The molecule has 0 atom stereocenters. The quantitative estimate of drug-likeness (QED) is 0.670. The zero-order valence-electron chi connectivity index (χ0n) is 13.7. The van der Waals surface area contributed by atoms with Crippen LogP contribution >= 0.6 is 0 Å². The minimum atomic E-state index is -0.335. The molecule has 0 bridgehead atoms. The van der Waals surface area contributed by atoms with Crippen LogP contribution in [-0.2, 0) is 6.54 Å². The molecule has 0 unspecified atom stereocenters. The van der Waals surface area contributed by atoms with E-state index >= 15 is 0 Å². The van der Waals surface area contributed by atoms with Crippen LogP contribution in [0.25, 0.3) is 0 Å². The van der Waals surface area contributed by atoms with Gasteiger partial charge in [-0.05, 0) is 43.3 Å². The van der Waals surface area contributed by atoms with Gasteiger partial charge in [-0.25, -0.2) is 4.98 Å². The number of benzene rings is 1. The maximum absolute atomic E-state index is 12.3. The van der Waals surface area contributed by atoms with Crippen molar-refractivity contribution in [2.24, 2.45) is 0 Å². The van der Waals surface area contributed by atoms with Gasteiger partial charge in [0.25, 0.3) is 5.91 Å². The molecule has 1 amide bonds. The summed E-state index contributed by atoms with van der Waals surface area (Å²) in [5, 5.41) is 5.90. The Morgan fingerprint density at radius 2 is 1.96 bits per heavy atom. The summed E-state index contributed by atoms with van der Waals surface area (Å²) in [6, 6.07) is 13.9. The summed E-state index contributed by atoms with van der Waals surface area (Å²) >= 11 is 0. The summed E-state index contributed by atoms with van der Waals surface area (Å²) in [7, 11) is 0. The number of aromatic nitrogens is 1. The Balaban J connectivity index is 1.62. The van der Waals surface area contributed by atoms with Crippen molar-refractivity contribution in [3.05, 3.63) is 78.0 Å². The van der Waals surface area contributed by atoms with Crippen molar-refractivity contribution in [2.75, 3.05) is 10.6 Å². The predicted molar refractivity (Wildman–Crippen MR) is 94.7 cm³/mol. The number of nitrogens with one attached hydrogen (secondary N) is 2. The third-order valence-corrected chi connectivity index (χ3v) is 3.57. The summed E-state index contributed by atoms with van der Waals surface area (Å²) < 4.78 is 5.24. The molecule has 0 spiro atoms. The highest BCUT2D eigenvalue weighted by Gasteiger charge is 2.09. The van der Waals surface area contributed by atoms with E-state index in [-0.39, 0.29) is 17.4 Å². The molecule has 2 N–H and O–H groups in total. The van der Waals surface area contributed by atoms with Gasteiger partial charge in [0.05, 0.1) is 24.7 Å². The van der Waals surface area contributed by atoms with Gasteiger partial charge in [-0.1, -0.05) is 12.1 Å². The lowest BCUT2D eigenvalue weighted by Gasteiger charge is -2.07. The Morgan fingerprint density at radius 3 is 2.64 bits per heavy atom. The minimum Gasteiger partial charge on any atom is -0.467 e. The van der Waals surface area contributed by atoms with Gasteiger partial charge in [-0.3, -0.25) is 9.59 Å². The highest BCUT2D eigenvalue weighted by molar-refractivity contribution is 6.04. The Kier molecular flexibility index (Phi) is 4.89. The molecular formula is C19H17N3O3. The molecule has 0 aliphatic heterocycles. The number of hydrogen-bond donors (Lipinski definition) is 2. The predicted octanol–water partition coefficient (Wildman–Crippen LogP) is 3.74. The highest BCUT2D eigenvalue weighted by Crippen LogP contribution is 2.14. The van der Waals surface area contributed by atoms with Gasteiger partial charge < -0.3 is 15.1 Å². The van der Waals surface area contributed by atoms with E-state index in [1.807, 2.05) is 12.1 Å². The molecular weight excluding hydrogens is 318 g/mol. The third kappa shape index (κ3) is 4.32. The van der Waals surface area contributed by atoms with E-state index in [1.165, 1.54) is 6.92 Å². The second-order valence-corrected chi connectivity index (χ2v) is 5.46. The van der Waals surface area contributed by atoms with Crippen molar-refractivity contribution < 1.29 is 14.0 Å². The number of carbonyl (C=O) groups excluding carboxylic acids is 2. The van der Waals surface area contributed by atoms with Crippen molar-refractivity contribution in [2.45, 2.75) is 13.5 Å². The van der Waals surface area contributed by atoms with Crippen molar-refractivity contribution in [1.29, 1.82) is 0 Å². The first-order valence-electron chi connectivity index (χ1n) is 7.76. The number of hydrogen-bond acceptors (Lipinski definition) is 5. The Hall–Kier alpha value is -3.41. The minimum absolute atomic E-state index is 0.0544. The number of furan rings is 1. The third-order valence-electron chi connectivity index (χ3n) is 3.57. The van der Waals surface area contributed by atoms with Crippen LogP contribution in [0.5, 0.6) is 0 Å². The number of nitrogens with zero attached hydrogens (tertiary/aromatic N) is 1. The molecule has 3 rings (SSSR count). The molecule has 3 aromatic rings. The van der Waals surface area contributed by atoms with Gasteiger partial charge >= 0.3 is 0 Å². The van der Waals surface area contributed by atoms with Gasteiger partial charge in [0.2, 0.25) is 0 Å². The molecule has 126 valence electrons. The summed E-state index contributed by atoms with van der Waals surface area (Å²) in [4.78, 5) is 27.8. The van der Waals surface area contributed by atoms with Crippen LogP contribution in [0.1, 0.15) is 33.5 Å². The fraction of sp³-hybridized carbons (Fsp3) is 0.105. The molecule has 0 fully saturated rings. The average molecular weight is 335 g/mol. The molecule has 0 aliphatic rings. The largest absolute Gasteiger partial charge is 0.467 e. The normalized spacial score (nSPS) is 10.3. The van der Waals surface area contributed by atoms with Crippen molar-refractivity contribution in [1.82, 2.24) is 4.98 Å². The Bertz CT molecular complexity index is 871. The lowest BCUT2D eigenvalue weighted by molar-refractivity contribution is 0.100. The second kappa shape index (κ2) is 7.44. The lowest BCUT2D eigenvalue weighted by Crippen LogP contribution is -2.14. The van der Waals surface area contributed by atoms with E-state index in [4.69, 9.17) is 4.42 Å². The van der Waals surface area contributed by atoms with Crippen LogP contribution in [0, 0.1) is 0 Å². The van der Waals surface area contributed by atoms with Gasteiger partial charge in [-0.2, -0.15) is 0 Å². The van der Waals surface area contributed by atoms with Crippen LogP contribution in [0.15, 0.2) is 65.4 Å². The molecule has 6 nitrogen and oxygen atoms in total. The smallest absolute Gasteiger partial charge is 0.274 e. The molecule has 0 radical (unpaired) electrons. The number of amides is 1. The number of anilines is 2. The SMILES string of the molecule is CC(=O)c1cccc(NC(=O)c2ccc(NCc3ccco3)cn2)c1. The van der Waals surface area contributed by atoms with Crippen molar-refractivity contribution >= 4 is 23.1 Å². The highest BCUT2D eigenvalue weighted by atomic mass is 16.3. The van der Waals surface area contributed by atoms with E-state index < -0.39 is 0 Å². The topological polar surface area (TPSA) is 84.2 Å². The van der Waals surface area contributed by atoms with Crippen LogP contribution < -0.4 is 10.6 Å². The van der Waals surface area contributed by atoms with E-state index in [2.05, 4.69) is 15.6 Å². The number of pyridine rings is 1. The summed E-state index contributed by atoms with van der Waals surface area (Å²) in [6.45, 7) is 2.02. The Labute approximate surface area is 144 Å². The van der Waals surface area contributed by atoms with Gasteiger partial charge in [-0.15, -0.1) is 0 Å². The monoisotopic (exact) mass is 335 g/mol. The number of rotatable bonds is 6. The van der Waals surface area contributed by atoms with E-state index in [9.17, 15) is 9.59 Å². The van der Waals surface area contributed by atoms with Crippen molar-refractivity contribution in [3.8, 4) is 0 Å². The molecule has 25 heavy (non-hydrogen) atoms. The van der Waals surface area contributed by atoms with Gasteiger partial charge in [0.15, 0.2) is 5.78 Å². The van der Waals surface area contributed by atoms with Crippen LogP contribution in [0.4, 0.5) is 11.4 Å². The number of Topliss-reactive ketones (excluding diaryl/α,β-unsaturated/α-hetero) is 1.